The van der Waals surface area contributed by atoms with Gasteiger partial charge in [-0.05, 0) is 67.1 Å². The van der Waals surface area contributed by atoms with Crippen LogP contribution in [0, 0.1) is 5.92 Å². The van der Waals surface area contributed by atoms with Crippen LogP contribution in [0.4, 0.5) is 0 Å². The molecule has 7 heteroatoms. The Morgan fingerprint density at radius 2 is 1.64 bits per heavy atom. The van der Waals surface area contributed by atoms with E-state index >= 15 is 0 Å². The first-order chi connectivity index (χ1) is 20.7. The number of H-pyrrole nitrogens is 1. The van der Waals surface area contributed by atoms with Gasteiger partial charge in [-0.25, -0.2) is 0 Å². The lowest BCUT2D eigenvalue weighted by Crippen LogP contribution is -2.40. The average molecular weight is 561 g/mol. The molecular formula is C35H40N6O. The summed E-state index contributed by atoms with van der Waals surface area (Å²) in [5.41, 5.74) is 6.02. The molecule has 1 atom stereocenters. The molecule has 216 valence electrons. The van der Waals surface area contributed by atoms with Crippen LogP contribution in [0.2, 0.25) is 0 Å². The Balaban J connectivity index is 1.36. The maximum atomic E-state index is 13.3. The van der Waals surface area contributed by atoms with E-state index in [1.807, 2.05) is 12.1 Å². The van der Waals surface area contributed by atoms with Gasteiger partial charge in [0, 0.05) is 36.0 Å². The molecule has 1 unspecified atom stereocenters. The van der Waals surface area contributed by atoms with Crippen LogP contribution in [-0.4, -0.2) is 45.3 Å². The summed E-state index contributed by atoms with van der Waals surface area (Å²) in [7, 11) is 0. The number of rotatable bonds is 11. The summed E-state index contributed by atoms with van der Waals surface area (Å²) < 4.78 is 2.28. The summed E-state index contributed by atoms with van der Waals surface area (Å²) in [5, 5.41) is 17.4. The number of aryl methyl sites for hydroxylation is 3. The number of fused-ring (bicyclic) bond motifs is 1. The third-order valence-electron chi connectivity index (χ3n) is 8.61. The van der Waals surface area contributed by atoms with Crippen molar-refractivity contribution in [2.24, 2.45) is 5.92 Å². The van der Waals surface area contributed by atoms with E-state index in [4.69, 9.17) is 10.2 Å². The molecule has 1 amide bonds. The van der Waals surface area contributed by atoms with Crippen LogP contribution >= 0.6 is 0 Å². The Labute approximate surface area is 247 Å². The molecule has 1 aliphatic heterocycles. The predicted octanol–water partition coefficient (Wildman–Crippen LogP) is 5.40. The summed E-state index contributed by atoms with van der Waals surface area (Å²) in [6.07, 6.45) is 6.50. The van der Waals surface area contributed by atoms with E-state index in [2.05, 4.69) is 100 Å². The van der Waals surface area contributed by atoms with E-state index in [0.717, 1.165) is 73.3 Å². The topological polar surface area (TPSA) is 87.6 Å². The van der Waals surface area contributed by atoms with Crippen molar-refractivity contribution in [3.05, 3.63) is 119 Å². The van der Waals surface area contributed by atoms with Crippen LogP contribution in [0.25, 0.3) is 10.9 Å². The molecule has 0 radical (unpaired) electrons. The van der Waals surface area contributed by atoms with Crippen LogP contribution < -0.4 is 10.6 Å². The van der Waals surface area contributed by atoms with Gasteiger partial charge in [-0.1, -0.05) is 79.7 Å². The highest BCUT2D eigenvalue weighted by atomic mass is 16.1. The lowest BCUT2D eigenvalue weighted by molar-refractivity contribution is -0.125. The highest BCUT2D eigenvalue weighted by Crippen LogP contribution is 2.31. The molecule has 5 aromatic rings. The number of nitrogens with zero attached hydrogens (tertiary/aromatic N) is 3. The molecule has 3 heterocycles. The Morgan fingerprint density at radius 3 is 2.43 bits per heavy atom. The van der Waals surface area contributed by atoms with Crippen molar-refractivity contribution in [1.29, 1.82) is 0 Å². The summed E-state index contributed by atoms with van der Waals surface area (Å²) in [4.78, 5) is 16.7. The minimum atomic E-state index is -0.153. The average Bonchev–Trinajstić information content (AvgIpc) is 3.66. The largest absolute Gasteiger partial charge is 0.361 e. The first kappa shape index (κ1) is 27.9. The Hall–Kier alpha value is -4.23. The Morgan fingerprint density at radius 1 is 0.905 bits per heavy atom. The second kappa shape index (κ2) is 13.2. The van der Waals surface area contributed by atoms with Gasteiger partial charge in [0.15, 0.2) is 0 Å². The molecule has 6 rings (SSSR count). The van der Waals surface area contributed by atoms with Crippen molar-refractivity contribution in [3.63, 3.8) is 0 Å². The van der Waals surface area contributed by atoms with Crippen molar-refractivity contribution in [2.45, 2.75) is 51.5 Å². The number of piperidine rings is 1. The summed E-state index contributed by atoms with van der Waals surface area (Å²) in [5.74, 6) is 1.87. The van der Waals surface area contributed by atoms with Crippen LogP contribution in [0.3, 0.4) is 0 Å². The minimum absolute atomic E-state index is 0.0475. The molecule has 0 spiro atoms. The number of hydrogen-bond donors (Lipinski definition) is 3. The molecular weight excluding hydrogens is 520 g/mol. The number of aromatic amines is 1. The van der Waals surface area contributed by atoms with Gasteiger partial charge in [0.05, 0.1) is 12.5 Å². The number of nitrogens with one attached hydrogen (secondary N) is 3. The molecule has 0 aliphatic carbocycles. The molecule has 2 aromatic heterocycles. The van der Waals surface area contributed by atoms with Crippen molar-refractivity contribution in [3.8, 4) is 0 Å². The standard InChI is InChI=1S/C35H40N6O/c1-2-25-12-14-27(15-13-25)24-41-33(17-16-26-8-4-3-5-9-26)39-40-34(41)31(23-38-35(42)28-18-20-36-21-19-28)30-22-37-32-11-7-6-10-29(30)32/h3-15,22,28,31,36-37H,2,16-21,23-24H2,1H3,(H,38,42). The van der Waals surface area contributed by atoms with E-state index in [-0.39, 0.29) is 17.7 Å². The van der Waals surface area contributed by atoms with Gasteiger partial charge < -0.3 is 20.2 Å². The van der Waals surface area contributed by atoms with Crippen LogP contribution in [0.15, 0.2) is 85.1 Å². The zero-order valence-corrected chi connectivity index (χ0v) is 24.4. The quantitative estimate of drug-likeness (QED) is 0.202. The van der Waals surface area contributed by atoms with E-state index in [9.17, 15) is 4.79 Å². The van der Waals surface area contributed by atoms with E-state index < -0.39 is 0 Å². The smallest absolute Gasteiger partial charge is 0.223 e. The second-order valence-electron chi connectivity index (χ2n) is 11.3. The second-order valence-corrected chi connectivity index (χ2v) is 11.3. The summed E-state index contributed by atoms with van der Waals surface area (Å²) in [6.45, 7) is 5.10. The lowest BCUT2D eigenvalue weighted by Gasteiger charge is -2.24. The van der Waals surface area contributed by atoms with Gasteiger partial charge >= 0.3 is 0 Å². The normalized spacial score (nSPS) is 14.7. The van der Waals surface area contributed by atoms with Crippen molar-refractivity contribution in [1.82, 2.24) is 30.4 Å². The number of aromatic nitrogens is 4. The first-order valence-corrected chi connectivity index (χ1v) is 15.3. The van der Waals surface area contributed by atoms with Crippen molar-refractivity contribution in [2.75, 3.05) is 19.6 Å². The number of para-hydroxylation sites is 1. The molecule has 7 nitrogen and oxygen atoms in total. The van der Waals surface area contributed by atoms with Gasteiger partial charge in [-0.3, -0.25) is 4.79 Å². The monoisotopic (exact) mass is 560 g/mol. The zero-order valence-electron chi connectivity index (χ0n) is 24.4. The lowest BCUT2D eigenvalue weighted by atomic mass is 9.94. The van der Waals surface area contributed by atoms with E-state index in [1.165, 1.54) is 16.7 Å². The number of benzene rings is 3. The predicted molar refractivity (Wildman–Crippen MR) is 168 cm³/mol. The fourth-order valence-corrected chi connectivity index (χ4v) is 6.08. The fourth-order valence-electron chi connectivity index (χ4n) is 6.08. The third-order valence-corrected chi connectivity index (χ3v) is 8.61. The molecule has 1 fully saturated rings. The molecule has 3 aromatic carbocycles. The van der Waals surface area contributed by atoms with Gasteiger partial charge in [0.2, 0.25) is 5.91 Å². The molecule has 1 aliphatic rings. The third kappa shape index (κ3) is 6.31. The number of hydrogen-bond acceptors (Lipinski definition) is 4. The van der Waals surface area contributed by atoms with Gasteiger partial charge in [0.1, 0.15) is 11.6 Å². The van der Waals surface area contributed by atoms with E-state index in [0.29, 0.717) is 13.1 Å². The highest BCUT2D eigenvalue weighted by Gasteiger charge is 2.28. The Bertz CT molecular complexity index is 1600. The molecule has 0 saturated carbocycles. The Kier molecular flexibility index (Phi) is 8.75. The highest BCUT2D eigenvalue weighted by molar-refractivity contribution is 5.84. The summed E-state index contributed by atoms with van der Waals surface area (Å²) >= 11 is 0. The van der Waals surface area contributed by atoms with Crippen molar-refractivity contribution >= 4 is 16.8 Å². The number of carbonyl (C=O) groups excluding carboxylic acids is 1. The van der Waals surface area contributed by atoms with Crippen LogP contribution in [0.5, 0.6) is 0 Å². The molecule has 1 saturated heterocycles. The SMILES string of the molecule is CCc1ccc(Cn2c(CCc3ccccc3)nnc2C(CNC(=O)C2CCNCC2)c2c[nH]c3ccccc23)cc1. The van der Waals surface area contributed by atoms with Crippen LogP contribution in [0.1, 0.15) is 59.6 Å². The van der Waals surface area contributed by atoms with E-state index in [1.54, 1.807) is 0 Å². The molecule has 0 bridgehead atoms. The van der Waals surface area contributed by atoms with Crippen LogP contribution in [-0.2, 0) is 30.6 Å². The van der Waals surface area contributed by atoms with Gasteiger partial charge in [-0.15, -0.1) is 10.2 Å². The molecule has 42 heavy (non-hydrogen) atoms. The van der Waals surface area contributed by atoms with Crippen molar-refractivity contribution < 1.29 is 4.79 Å². The summed E-state index contributed by atoms with van der Waals surface area (Å²) in [6, 6.07) is 27.7. The number of amides is 1. The zero-order chi connectivity index (χ0) is 28.7. The molecule has 3 N–H and O–H groups in total. The van der Waals surface area contributed by atoms with Gasteiger partial charge in [-0.2, -0.15) is 0 Å². The minimum Gasteiger partial charge on any atom is -0.361 e. The first-order valence-electron chi connectivity index (χ1n) is 15.3. The maximum Gasteiger partial charge on any atom is 0.223 e. The van der Waals surface area contributed by atoms with Gasteiger partial charge in [0.25, 0.3) is 0 Å². The fraction of sp³-hybridized carbons (Fsp3) is 0.343. The maximum absolute atomic E-state index is 13.3. The number of carbonyl (C=O) groups is 1.